The Morgan fingerprint density at radius 2 is 1.72 bits per heavy atom. The number of hydrogen-bond acceptors (Lipinski definition) is 3. The molecule has 0 atom stereocenters. The molecule has 0 saturated heterocycles. The van der Waals surface area contributed by atoms with Crippen molar-refractivity contribution in [2.45, 2.75) is 13.1 Å². The third-order valence-corrected chi connectivity index (χ3v) is 4.12. The van der Waals surface area contributed by atoms with Gasteiger partial charge in [-0.3, -0.25) is 9.36 Å². The minimum atomic E-state index is -4.64. The molecule has 2 heterocycles. The number of aryl methyl sites for hydroxylation is 1. The van der Waals surface area contributed by atoms with Crippen LogP contribution in [0.5, 0.6) is 0 Å². The van der Waals surface area contributed by atoms with Crippen molar-refractivity contribution >= 4 is 17.3 Å². The van der Waals surface area contributed by atoms with Crippen LogP contribution >= 0.6 is 11.6 Å². The maximum atomic E-state index is 13.1. The van der Waals surface area contributed by atoms with Gasteiger partial charge < -0.3 is 5.73 Å². The molecule has 0 spiro atoms. The predicted molar refractivity (Wildman–Crippen MR) is 88.3 cm³/mol. The highest BCUT2D eigenvalue weighted by atomic mass is 35.5. The molecule has 2 N–H and O–H groups in total. The summed E-state index contributed by atoms with van der Waals surface area (Å²) in [6, 6.07) is 7.50. The summed E-state index contributed by atoms with van der Waals surface area (Å²) in [5, 5.41) is 3.77. The van der Waals surface area contributed by atoms with E-state index >= 15 is 0 Å². The van der Waals surface area contributed by atoms with E-state index in [1.165, 1.54) is 28.8 Å². The van der Waals surface area contributed by atoms with Crippen molar-refractivity contribution in [3.63, 3.8) is 0 Å². The minimum Gasteiger partial charge on any atom is -0.396 e. The van der Waals surface area contributed by atoms with Crippen molar-refractivity contribution in [1.29, 1.82) is 0 Å². The normalized spacial score (nSPS) is 11.7. The molecule has 0 amide bonds. The van der Waals surface area contributed by atoms with Crippen LogP contribution in [-0.4, -0.2) is 14.3 Å². The largest absolute Gasteiger partial charge is 0.435 e. The molecule has 130 valence electrons. The van der Waals surface area contributed by atoms with Gasteiger partial charge in [-0.25, -0.2) is 4.68 Å². The molecule has 9 heteroatoms. The highest BCUT2D eigenvalue weighted by molar-refractivity contribution is 6.31. The third-order valence-electron chi connectivity index (χ3n) is 3.66. The van der Waals surface area contributed by atoms with Crippen LogP contribution in [0.4, 0.5) is 18.9 Å². The van der Waals surface area contributed by atoms with E-state index in [-0.39, 0.29) is 10.7 Å². The molecule has 0 aliphatic heterocycles. The second kappa shape index (κ2) is 5.96. The lowest BCUT2D eigenvalue weighted by Gasteiger charge is -2.12. The van der Waals surface area contributed by atoms with E-state index in [4.69, 9.17) is 17.3 Å². The lowest BCUT2D eigenvalue weighted by molar-refractivity contribution is -0.142. The Kier molecular flexibility index (Phi) is 4.08. The van der Waals surface area contributed by atoms with Crippen LogP contribution in [0.2, 0.25) is 5.02 Å². The fourth-order valence-corrected chi connectivity index (χ4v) is 2.55. The summed E-state index contributed by atoms with van der Waals surface area (Å²) in [5.74, 6) is 0. The van der Waals surface area contributed by atoms with Crippen LogP contribution in [0.15, 0.2) is 47.5 Å². The van der Waals surface area contributed by atoms with Gasteiger partial charge in [-0.2, -0.15) is 18.3 Å². The number of nitrogen functional groups attached to an aromatic ring is 1. The maximum absolute atomic E-state index is 13.1. The molecule has 0 aliphatic carbocycles. The Labute approximate surface area is 145 Å². The number of nitrogens with zero attached hydrogens (tertiary/aromatic N) is 3. The zero-order chi connectivity index (χ0) is 18.4. The highest BCUT2D eigenvalue weighted by Crippen LogP contribution is 2.34. The van der Waals surface area contributed by atoms with E-state index < -0.39 is 23.1 Å². The van der Waals surface area contributed by atoms with Crippen molar-refractivity contribution in [2.75, 3.05) is 5.73 Å². The summed E-state index contributed by atoms with van der Waals surface area (Å²) in [7, 11) is 0. The Balaban J connectivity index is 2.06. The number of alkyl halides is 3. The zero-order valence-electron chi connectivity index (χ0n) is 12.9. The third kappa shape index (κ3) is 3.00. The van der Waals surface area contributed by atoms with E-state index in [1.54, 1.807) is 19.2 Å². The van der Waals surface area contributed by atoms with E-state index in [0.717, 1.165) is 6.20 Å². The van der Waals surface area contributed by atoms with Crippen LogP contribution in [0, 0.1) is 6.92 Å². The topological polar surface area (TPSA) is 65.8 Å². The Morgan fingerprint density at radius 1 is 1.12 bits per heavy atom. The van der Waals surface area contributed by atoms with Gasteiger partial charge in [0.15, 0.2) is 5.69 Å². The highest BCUT2D eigenvalue weighted by Gasteiger charge is 2.38. The molecule has 0 saturated carbocycles. The molecule has 2 aromatic heterocycles. The molecule has 3 aromatic rings. The van der Waals surface area contributed by atoms with Gasteiger partial charge in [0.1, 0.15) is 5.02 Å². The molecule has 0 bridgehead atoms. The number of benzene rings is 1. The number of hydrogen-bond donors (Lipinski definition) is 1. The van der Waals surface area contributed by atoms with Crippen molar-refractivity contribution < 1.29 is 13.2 Å². The van der Waals surface area contributed by atoms with Gasteiger partial charge in [0.05, 0.1) is 17.6 Å². The van der Waals surface area contributed by atoms with Crippen molar-refractivity contribution in [2.24, 2.45) is 0 Å². The van der Waals surface area contributed by atoms with Crippen molar-refractivity contribution in [1.82, 2.24) is 14.3 Å². The van der Waals surface area contributed by atoms with E-state index in [2.05, 4.69) is 5.10 Å². The average molecular weight is 369 g/mol. The quantitative estimate of drug-likeness (QED) is 0.751. The molecule has 25 heavy (non-hydrogen) atoms. The van der Waals surface area contributed by atoms with Crippen LogP contribution in [0.1, 0.15) is 11.3 Å². The number of halogens is 4. The summed E-state index contributed by atoms with van der Waals surface area (Å²) in [6.45, 7) is 1.71. The summed E-state index contributed by atoms with van der Waals surface area (Å²) < 4.78 is 41.3. The Morgan fingerprint density at radius 3 is 2.32 bits per heavy atom. The average Bonchev–Trinajstić information content (AvgIpc) is 2.95. The first kappa shape index (κ1) is 17.1. The first-order chi connectivity index (χ1) is 11.7. The Bertz CT molecular complexity index is 990. The summed E-state index contributed by atoms with van der Waals surface area (Å²) in [5.41, 5.74) is 4.73. The Hall–Kier alpha value is -2.74. The van der Waals surface area contributed by atoms with Gasteiger partial charge in [-0.05, 0) is 42.8 Å². The van der Waals surface area contributed by atoms with Gasteiger partial charge in [0.2, 0.25) is 0 Å². The molecule has 0 radical (unpaired) electrons. The molecule has 0 fully saturated rings. The minimum absolute atomic E-state index is 0.0887. The second-order valence-corrected chi connectivity index (χ2v) is 5.74. The summed E-state index contributed by atoms with van der Waals surface area (Å²) >= 11 is 5.95. The molecular formula is C16H12ClF3N4O. The van der Waals surface area contributed by atoms with Crippen LogP contribution in [0.25, 0.3) is 11.4 Å². The fraction of sp³-hybridized carbons (Fsp3) is 0.125. The van der Waals surface area contributed by atoms with E-state index in [9.17, 15) is 18.0 Å². The summed E-state index contributed by atoms with van der Waals surface area (Å²) in [6.07, 6.45) is -2.15. The second-order valence-electron chi connectivity index (χ2n) is 5.36. The number of pyridine rings is 1. The standard InChI is InChI=1S/C16H12ClF3N4O/c1-9-6-7-23(15(25)13(9)17)10-2-4-11(5-3-10)24-14(16(18,19)20)12(21)8-22-24/h2-8H,21H2,1H3. The first-order valence-electron chi connectivity index (χ1n) is 7.09. The lowest BCUT2D eigenvalue weighted by Crippen LogP contribution is -2.19. The van der Waals surface area contributed by atoms with Gasteiger partial charge in [0, 0.05) is 11.9 Å². The fourth-order valence-electron chi connectivity index (χ4n) is 2.40. The van der Waals surface area contributed by atoms with Gasteiger partial charge in [-0.1, -0.05) is 11.6 Å². The molecule has 3 rings (SSSR count). The SMILES string of the molecule is Cc1ccn(-c2ccc(-n3ncc(N)c3C(F)(F)F)cc2)c(=O)c1Cl. The van der Waals surface area contributed by atoms with Crippen molar-refractivity contribution in [3.8, 4) is 11.4 Å². The monoisotopic (exact) mass is 368 g/mol. The molecule has 0 aliphatic rings. The maximum Gasteiger partial charge on any atom is 0.435 e. The number of nitrogens with two attached hydrogens (primary N) is 1. The van der Waals surface area contributed by atoms with Gasteiger partial charge in [0.25, 0.3) is 5.56 Å². The first-order valence-corrected chi connectivity index (χ1v) is 7.47. The molecule has 1 aromatic carbocycles. The van der Waals surface area contributed by atoms with Crippen molar-refractivity contribution in [3.05, 3.63) is 69.4 Å². The van der Waals surface area contributed by atoms with Gasteiger partial charge in [-0.15, -0.1) is 0 Å². The molecular weight excluding hydrogens is 357 g/mol. The van der Waals surface area contributed by atoms with E-state index in [0.29, 0.717) is 15.9 Å². The summed E-state index contributed by atoms with van der Waals surface area (Å²) in [4.78, 5) is 12.2. The lowest BCUT2D eigenvalue weighted by atomic mass is 10.2. The van der Waals surface area contributed by atoms with Crippen LogP contribution in [0.3, 0.4) is 0 Å². The smallest absolute Gasteiger partial charge is 0.396 e. The van der Waals surface area contributed by atoms with Crippen LogP contribution in [-0.2, 0) is 6.18 Å². The molecule has 0 unspecified atom stereocenters. The van der Waals surface area contributed by atoms with Crippen LogP contribution < -0.4 is 11.3 Å². The predicted octanol–water partition coefficient (Wildman–Crippen LogP) is 3.59. The van der Waals surface area contributed by atoms with Gasteiger partial charge >= 0.3 is 6.18 Å². The molecule has 5 nitrogen and oxygen atoms in total. The number of rotatable bonds is 2. The zero-order valence-corrected chi connectivity index (χ0v) is 13.6. The number of anilines is 1. The number of aromatic nitrogens is 3. The van der Waals surface area contributed by atoms with E-state index in [1.807, 2.05) is 0 Å².